The lowest BCUT2D eigenvalue weighted by Crippen LogP contribution is -2.58. The second kappa shape index (κ2) is 5.54. The van der Waals surface area contributed by atoms with Crippen LogP contribution in [-0.2, 0) is 7.05 Å². The van der Waals surface area contributed by atoms with Crippen molar-refractivity contribution in [3.8, 4) is 0 Å². The Morgan fingerprint density at radius 2 is 1.95 bits per heavy atom. The number of rotatable bonds is 3. The van der Waals surface area contributed by atoms with Gasteiger partial charge in [0, 0.05) is 51.0 Å². The average molecular weight is 279 g/mol. The van der Waals surface area contributed by atoms with E-state index >= 15 is 0 Å². The number of aryl methyl sites for hydroxylation is 1. The van der Waals surface area contributed by atoms with Crippen molar-refractivity contribution in [3.05, 3.63) is 17.5 Å². The molecule has 112 valence electrons. The number of aromatic nitrogens is 2. The summed E-state index contributed by atoms with van der Waals surface area (Å²) < 4.78 is 1.74. The van der Waals surface area contributed by atoms with Crippen LogP contribution in [-0.4, -0.2) is 63.8 Å². The zero-order valence-corrected chi connectivity index (χ0v) is 12.9. The molecule has 0 aromatic carbocycles. The van der Waals surface area contributed by atoms with Crippen LogP contribution in [0.2, 0.25) is 0 Å². The molecule has 0 atom stereocenters. The van der Waals surface area contributed by atoms with Gasteiger partial charge in [0.2, 0.25) is 0 Å². The number of piperazine rings is 1. The number of nitrogens with two attached hydrogens (primary N) is 1. The van der Waals surface area contributed by atoms with Crippen LogP contribution >= 0.6 is 0 Å². The summed E-state index contributed by atoms with van der Waals surface area (Å²) in [6, 6.07) is 0. The van der Waals surface area contributed by atoms with Gasteiger partial charge in [0.15, 0.2) is 0 Å². The third-order valence-electron chi connectivity index (χ3n) is 4.39. The molecule has 0 spiro atoms. The normalized spacial score (nSPS) is 17.6. The lowest BCUT2D eigenvalue weighted by molar-refractivity contribution is 0.0425. The third kappa shape index (κ3) is 2.71. The maximum absolute atomic E-state index is 12.5. The van der Waals surface area contributed by atoms with Crippen molar-refractivity contribution < 1.29 is 4.79 Å². The van der Waals surface area contributed by atoms with Gasteiger partial charge in [-0.2, -0.15) is 5.10 Å². The first-order chi connectivity index (χ1) is 9.36. The van der Waals surface area contributed by atoms with Crippen molar-refractivity contribution in [2.45, 2.75) is 26.3 Å². The van der Waals surface area contributed by atoms with Gasteiger partial charge in [-0.1, -0.05) is 0 Å². The molecule has 2 heterocycles. The molecule has 1 aliphatic heterocycles. The molecule has 2 rings (SSSR count). The predicted octanol–water partition coefficient (Wildman–Crippen LogP) is 0.224. The van der Waals surface area contributed by atoms with Gasteiger partial charge in [-0.25, -0.2) is 0 Å². The highest BCUT2D eigenvalue weighted by molar-refractivity contribution is 5.95. The predicted molar refractivity (Wildman–Crippen MR) is 78.6 cm³/mol. The van der Waals surface area contributed by atoms with Crippen molar-refractivity contribution in [2.75, 3.05) is 32.7 Å². The molecular formula is C14H25N5O. The summed E-state index contributed by atoms with van der Waals surface area (Å²) in [7, 11) is 1.85. The number of amides is 1. The zero-order valence-electron chi connectivity index (χ0n) is 12.9. The molecule has 1 saturated heterocycles. The highest BCUT2D eigenvalue weighted by atomic mass is 16.2. The maximum atomic E-state index is 12.5. The second-order valence-corrected chi connectivity index (χ2v) is 6.06. The Labute approximate surface area is 120 Å². The fraction of sp³-hybridized carbons (Fsp3) is 0.714. The van der Waals surface area contributed by atoms with Crippen molar-refractivity contribution >= 4 is 5.91 Å². The first kappa shape index (κ1) is 15.0. The smallest absolute Gasteiger partial charge is 0.257 e. The Morgan fingerprint density at radius 1 is 1.35 bits per heavy atom. The highest BCUT2D eigenvalue weighted by Crippen LogP contribution is 2.17. The van der Waals surface area contributed by atoms with Crippen molar-refractivity contribution in [1.29, 1.82) is 0 Å². The topological polar surface area (TPSA) is 67.4 Å². The van der Waals surface area contributed by atoms with Gasteiger partial charge in [0.25, 0.3) is 5.91 Å². The zero-order chi connectivity index (χ0) is 14.9. The fourth-order valence-corrected chi connectivity index (χ4v) is 2.52. The molecule has 0 aliphatic carbocycles. The largest absolute Gasteiger partial charge is 0.336 e. The van der Waals surface area contributed by atoms with Gasteiger partial charge >= 0.3 is 0 Å². The van der Waals surface area contributed by atoms with Crippen LogP contribution in [0.5, 0.6) is 0 Å². The second-order valence-electron chi connectivity index (χ2n) is 6.06. The molecule has 0 unspecified atom stereocenters. The Morgan fingerprint density at radius 3 is 2.40 bits per heavy atom. The van der Waals surface area contributed by atoms with Crippen LogP contribution in [0.25, 0.3) is 0 Å². The summed E-state index contributed by atoms with van der Waals surface area (Å²) in [5.74, 6) is 0.0841. The first-order valence-corrected chi connectivity index (χ1v) is 7.10. The summed E-state index contributed by atoms with van der Waals surface area (Å²) in [6.07, 6.45) is 1.66. The molecule has 0 radical (unpaired) electrons. The van der Waals surface area contributed by atoms with E-state index in [1.807, 2.05) is 18.9 Å². The number of hydrogen-bond acceptors (Lipinski definition) is 4. The molecule has 1 aromatic rings. The van der Waals surface area contributed by atoms with Gasteiger partial charge < -0.3 is 10.6 Å². The van der Waals surface area contributed by atoms with E-state index in [2.05, 4.69) is 23.8 Å². The lowest BCUT2D eigenvalue weighted by Gasteiger charge is -2.43. The molecule has 6 nitrogen and oxygen atoms in total. The number of carbonyl (C=O) groups is 1. The van der Waals surface area contributed by atoms with Crippen LogP contribution in [0, 0.1) is 6.92 Å². The average Bonchev–Trinajstić information content (AvgIpc) is 2.78. The summed E-state index contributed by atoms with van der Waals surface area (Å²) in [4.78, 5) is 16.8. The van der Waals surface area contributed by atoms with Crippen molar-refractivity contribution in [2.24, 2.45) is 12.8 Å². The molecule has 1 aromatic heterocycles. The summed E-state index contributed by atoms with van der Waals surface area (Å²) >= 11 is 0. The van der Waals surface area contributed by atoms with E-state index in [-0.39, 0.29) is 11.4 Å². The summed E-state index contributed by atoms with van der Waals surface area (Å²) in [5, 5.41) is 4.14. The quantitative estimate of drug-likeness (QED) is 0.860. The van der Waals surface area contributed by atoms with Gasteiger partial charge in [-0.3, -0.25) is 14.4 Å². The standard InChI is InChI=1S/C14H25N5O/c1-11-12(9-16-17(11)4)13(20)18-5-7-19(8-6-18)14(2,3)10-15/h9H,5-8,10,15H2,1-4H3. The number of carbonyl (C=O) groups excluding carboxylic acids is 1. The van der Waals surface area contributed by atoms with Crippen molar-refractivity contribution in [3.63, 3.8) is 0 Å². The van der Waals surface area contributed by atoms with Crippen molar-refractivity contribution in [1.82, 2.24) is 19.6 Å². The summed E-state index contributed by atoms with van der Waals surface area (Å²) in [6.45, 7) is 10.1. The Bertz CT molecular complexity index is 486. The molecular weight excluding hydrogens is 254 g/mol. The van der Waals surface area contributed by atoms with Gasteiger partial charge in [-0.05, 0) is 20.8 Å². The van der Waals surface area contributed by atoms with E-state index in [1.54, 1.807) is 10.9 Å². The monoisotopic (exact) mass is 279 g/mol. The van der Waals surface area contributed by atoms with Crippen LogP contribution in [0.15, 0.2) is 6.20 Å². The number of nitrogens with zero attached hydrogens (tertiary/aromatic N) is 4. The molecule has 2 N–H and O–H groups in total. The Hall–Kier alpha value is -1.40. The van der Waals surface area contributed by atoms with E-state index in [4.69, 9.17) is 5.73 Å². The Kier molecular flexibility index (Phi) is 4.15. The van der Waals surface area contributed by atoms with Gasteiger partial charge in [0.05, 0.1) is 11.8 Å². The Balaban J connectivity index is 2.01. The molecule has 1 amide bonds. The molecule has 6 heteroatoms. The molecule has 1 aliphatic rings. The third-order valence-corrected chi connectivity index (χ3v) is 4.39. The lowest BCUT2D eigenvalue weighted by atomic mass is 10.0. The van der Waals surface area contributed by atoms with Crippen LogP contribution in [0.4, 0.5) is 0 Å². The van der Waals surface area contributed by atoms with Gasteiger partial charge in [0.1, 0.15) is 0 Å². The molecule has 20 heavy (non-hydrogen) atoms. The highest BCUT2D eigenvalue weighted by Gasteiger charge is 2.31. The van der Waals surface area contributed by atoms with E-state index < -0.39 is 0 Å². The maximum Gasteiger partial charge on any atom is 0.257 e. The summed E-state index contributed by atoms with van der Waals surface area (Å²) in [5.41, 5.74) is 7.44. The minimum absolute atomic E-state index is 0.000638. The molecule has 0 saturated carbocycles. The number of hydrogen-bond donors (Lipinski definition) is 1. The van der Waals surface area contributed by atoms with Crippen LogP contribution in [0.3, 0.4) is 0 Å². The minimum atomic E-state index is -0.000638. The van der Waals surface area contributed by atoms with E-state index in [1.165, 1.54) is 0 Å². The van der Waals surface area contributed by atoms with E-state index in [9.17, 15) is 4.79 Å². The van der Waals surface area contributed by atoms with Crippen LogP contribution in [0.1, 0.15) is 29.9 Å². The van der Waals surface area contributed by atoms with Gasteiger partial charge in [-0.15, -0.1) is 0 Å². The SMILES string of the molecule is Cc1c(C(=O)N2CCN(C(C)(C)CN)CC2)cnn1C. The fourth-order valence-electron chi connectivity index (χ4n) is 2.52. The van der Waals surface area contributed by atoms with Crippen LogP contribution < -0.4 is 5.73 Å². The van der Waals surface area contributed by atoms with E-state index in [0.29, 0.717) is 12.1 Å². The minimum Gasteiger partial charge on any atom is -0.336 e. The molecule has 0 bridgehead atoms. The first-order valence-electron chi connectivity index (χ1n) is 7.10. The molecule has 1 fully saturated rings. The van der Waals surface area contributed by atoms with E-state index in [0.717, 1.165) is 31.9 Å².